The van der Waals surface area contributed by atoms with E-state index in [1.165, 1.54) is 9.58 Å². The highest BCUT2D eigenvalue weighted by Gasteiger charge is 2.43. The molecule has 2 aliphatic heterocycles. The van der Waals surface area contributed by atoms with E-state index in [-0.39, 0.29) is 31.4 Å². The zero-order valence-corrected chi connectivity index (χ0v) is 26.4. The number of hydrogen-bond acceptors (Lipinski definition) is 10. The number of aromatic nitrogens is 4. The Morgan fingerprint density at radius 3 is 2.64 bits per heavy atom. The number of amides is 2. The number of β-amino-alcohol motifs (C(OH)–C–C–N with tert-alkyl or cyclic N) is 1. The fourth-order valence-corrected chi connectivity index (χ4v) is 6.66. The largest absolute Gasteiger partial charge is 0.394 e. The highest BCUT2D eigenvalue weighted by Crippen LogP contribution is 2.30. The standard InChI is InChI=1S/C31H43N7O5S/c1-19(2)28(38-14-24(35-36-38)17-43-10-4-5-21-12-32-13-21)31(42)37-15-25(40)11-27(37)30(41)34-26(16-39)22-6-8-23(9-7-22)29-20(3)33-18-44-29/h6-9,14,18-19,21,25-28,32,39-40H,4-5,10-13,15-17H2,1-3H3,(H,34,41)/t25-,26+,27+,28+/m1/s1. The van der Waals surface area contributed by atoms with Gasteiger partial charge in [-0.25, -0.2) is 9.67 Å². The summed E-state index contributed by atoms with van der Waals surface area (Å²) in [7, 11) is 0. The molecule has 4 heterocycles. The van der Waals surface area contributed by atoms with Crippen LogP contribution in [-0.2, 0) is 20.9 Å². The Bertz CT molecular complexity index is 1390. The van der Waals surface area contributed by atoms with Gasteiger partial charge in [-0.3, -0.25) is 9.59 Å². The van der Waals surface area contributed by atoms with Crippen molar-refractivity contribution in [1.82, 2.24) is 35.5 Å². The van der Waals surface area contributed by atoms with E-state index < -0.39 is 30.1 Å². The summed E-state index contributed by atoms with van der Waals surface area (Å²) in [5.74, 6) is -0.147. The van der Waals surface area contributed by atoms with Crippen LogP contribution in [0.15, 0.2) is 36.0 Å². The van der Waals surface area contributed by atoms with E-state index in [9.17, 15) is 19.8 Å². The molecule has 4 N–H and O–H groups in total. The van der Waals surface area contributed by atoms with Crippen molar-refractivity contribution in [3.8, 4) is 10.4 Å². The summed E-state index contributed by atoms with van der Waals surface area (Å²) in [6, 6.07) is 5.36. The molecule has 0 aliphatic carbocycles. The van der Waals surface area contributed by atoms with Crippen LogP contribution >= 0.6 is 11.3 Å². The lowest BCUT2D eigenvalue weighted by Crippen LogP contribution is -2.50. The fraction of sp³-hybridized carbons (Fsp3) is 0.581. The molecule has 3 aromatic rings. The number of aryl methyl sites for hydroxylation is 1. The minimum atomic E-state index is -0.885. The van der Waals surface area contributed by atoms with Gasteiger partial charge < -0.3 is 30.5 Å². The molecule has 5 rings (SSSR count). The van der Waals surface area contributed by atoms with Crippen molar-refractivity contribution in [2.24, 2.45) is 11.8 Å². The highest BCUT2D eigenvalue weighted by atomic mass is 32.1. The van der Waals surface area contributed by atoms with Crippen LogP contribution in [0.25, 0.3) is 10.4 Å². The second-order valence-electron chi connectivity index (χ2n) is 12.1. The lowest BCUT2D eigenvalue weighted by Gasteiger charge is -2.30. The number of carbonyl (C=O) groups is 2. The first kappa shape index (κ1) is 32.2. The van der Waals surface area contributed by atoms with Gasteiger partial charge in [-0.2, -0.15) is 0 Å². The van der Waals surface area contributed by atoms with Crippen LogP contribution in [0.1, 0.15) is 62.1 Å². The number of likely N-dealkylation sites (tertiary alicyclic amines) is 1. The van der Waals surface area contributed by atoms with E-state index >= 15 is 0 Å². The highest BCUT2D eigenvalue weighted by molar-refractivity contribution is 7.13. The molecular weight excluding hydrogens is 582 g/mol. The summed E-state index contributed by atoms with van der Waals surface area (Å²) in [4.78, 5) is 34.2. The maximum atomic E-state index is 13.9. The van der Waals surface area contributed by atoms with Crippen molar-refractivity contribution < 1.29 is 24.5 Å². The Morgan fingerprint density at radius 1 is 1.23 bits per heavy atom. The molecular formula is C31H43N7O5S. The summed E-state index contributed by atoms with van der Waals surface area (Å²) >= 11 is 1.56. The molecule has 0 unspecified atom stereocenters. The molecule has 2 fully saturated rings. The van der Waals surface area contributed by atoms with E-state index in [1.807, 2.05) is 45.0 Å². The SMILES string of the molecule is Cc1ncsc1-c1ccc([C@H](CO)NC(=O)[C@@H]2C[C@@H](O)CN2C(=O)[C@H](C(C)C)n2cc(COCCCC3CNC3)nn2)cc1. The van der Waals surface area contributed by atoms with Crippen molar-refractivity contribution in [3.63, 3.8) is 0 Å². The zero-order valence-electron chi connectivity index (χ0n) is 25.6. The smallest absolute Gasteiger partial charge is 0.248 e. The first-order valence-electron chi connectivity index (χ1n) is 15.3. The molecule has 12 nitrogen and oxygen atoms in total. The summed E-state index contributed by atoms with van der Waals surface area (Å²) in [6.07, 6.45) is 3.12. The number of carbonyl (C=O) groups excluding carboxylic acids is 2. The molecule has 238 valence electrons. The van der Waals surface area contributed by atoms with Gasteiger partial charge >= 0.3 is 0 Å². The third-order valence-corrected chi connectivity index (χ3v) is 9.41. The van der Waals surface area contributed by atoms with Crippen molar-refractivity contribution in [2.75, 3.05) is 32.8 Å². The second kappa shape index (κ2) is 14.7. The van der Waals surface area contributed by atoms with Crippen molar-refractivity contribution in [1.29, 1.82) is 0 Å². The van der Waals surface area contributed by atoms with Gasteiger partial charge in [0.2, 0.25) is 11.8 Å². The van der Waals surface area contributed by atoms with E-state index in [2.05, 4.69) is 25.9 Å². The molecule has 2 amide bonds. The van der Waals surface area contributed by atoms with Gasteiger partial charge in [0.05, 0.1) is 47.6 Å². The first-order chi connectivity index (χ1) is 21.2. The van der Waals surface area contributed by atoms with E-state index in [0.29, 0.717) is 18.9 Å². The third-order valence-electron chi connectivity index (χ3n) is 8.43. The van der Waals surface area contributed by atoms with Gasteiger partial charge in [0.1, 0.15) is 17.8 Å². The van der Waals surface area contributed by atoms with E-state index in [1.54, 1.807) is 23.0 Å². The maximum absolute atomic E-state index is 13.9. The van der Waals surface area contributed by atoms with E-state index in [4.69, 9.17) is 4.74 Å². The molecule has 44 heavy (non-hydrogen) atoms. The number of aliphatic hydroxyl groups excluding tert-OH is 2. The van der Waals surface area contributed by atoms with Gasteiger partial charge in [-0.15, -0.1) is 16.4 Å². The second-order valence-corrected chi connectivity index (χ2v) is 13.0. The number of ether oxygens (including phenoxy) is 1. The molecule has 13 heteroatoms. The maximum Gasteiger partial charge on any atom is 0.248 e. The first-order valence-corrected chi connectivity index (χ1v) is 16.2. The van der Waals surface area contributed by atoms with Gasteiger partial charge in [0, 0.05) is 19.6 Å². The van der Waals surface area contributed by atoms with Gasteiger partial charge in [-0.1, -0.05) is 43.3 Å². The average molecular weight is 626 g/mol. The Kier molecular flexibility index (Phi) is 10.7. The molecule has 2 aromatic heterocycles. The van der Waals surface area contributed by atoms with E-state index in [0.717, 1.165) is 53.5 Å². The quantitative estimate of drug-likeness (QED) is 0.198. The Labute approximate surface area is 261 Å². The number of hydrogen-bond donors (Lipinski definition) is 4. The number of rotatable bonds is 14. The van der Waals surface area contributed by atoms with Crippen LogP contribution in [0.4, 0.5) is 0 Å². The average Bonchev–Trinajstić information content (AvgIpc) is 3.72. The minimum absolute atomic E-state index is 0.0357. The number of nitrogens with one attached hydrogen (secondary N) is 2. The number of nitrogens with zero attached hydrogens (tertiary/aromatic N) is 5. The van der Waals surface area contributed by atoms with Crippen LogP contribution in [0.3, 0.4) is 0 Å². The normalized spacial score (nSPS) is 20.1. The predicted octanol–water partition coefficient (Wildman–Crippen LogP) is 2.23. The molecule has 2 aliphatic rings. The van der Waals surface area contributed by atoms with Crippen molar-refractivity contribution >= 4 is 23.2 Å². The van der Waals surface area contributed by atoms with Crippen molar-refractivity contribution in [3.05, 3.63) is 52.9 Å². The third kappa shape index (κ3) is 7.52. The van der Waals surface area contributed by atoms with Gasteiger partial charge in [0.15, 0.2) is 0 Å². The molecule has 2 saturated heterocycles. The molecule has 0 radical (unpaired) electrons. The topological polar surface area (TPSA) is 155 Å². The van der Waals surface area contributed by atoms with Crippen molar-refractivity contribution in [2.45, 2.75) is 70.9 Å². The lowest BCUT2D eigenvalue weighted by atomic mass is 9.98. The number of thiazole rings is 1. The van der Waals surface area contributed by atoms with Gasteiger partial charge in [0.25, 0.3) is 0 Å². The minimum Gasteiger partial charge on any atom is -0.394 e. The Morgan fingerprint density at radius 2 is 2.00 bits per heavy atom. The number of benzene rings is 1. The Hall–Kier alpha value is -3.23. The van der Waals surface area contributed by atoms with Crippen LogP contribution in [0.5, 0.6) is 0 Å². The van der Waals surface area contributed by atoms with Crippen LogP contribution in [0, 0.1) is 18.8 Å². The van der Waals surface area contributed by atoms with Crippen LogP contribution in [0.2, 0.25) is 0 Å². The predicted molar refractivity (Wildman–Crippen MR) is 166 cm³/mol. The zero-order chi connectivity index (χ0) is 31.2. The molecule has 0 spiro atoms. The fourth-order valence-electron chi connectivity index (χ4n) is 5.85. The molecule has 0 bridgehead atoms. The summed E-state index contributed by atoms with van der Waals surface area (Å²) in [6.45, 7) is 8.62. The van der Waals surface area contributed by atoms with Crippen LogP contribution < -0.4 is 10.6 Å². The van der Waals surface area contributed by atoms with Gasteiger partial charge in [-0.05, 0) is 55.8 Å². The summed E-state index contributed by atoms with van der Waals surface area (Å²) < 4.78 is 7.33. The summed E-state index contributed by atoms with van der Waals surface area (Å²) in [5, 5.41) is 35.3. The summed E-state index contributed by atoms with van der Waals surface area (Å²) in [5.41, 5.74) is 5.13. The monoisotopic (exact) mass is 625 g/mol. The van der Waals surface area contributed by atoms with Crippen LogP contribution in [-0.4, -0.2) is 91.9 Å². The molecule has 4 atom stereocenters. The lowest BCUT2D eigenvalue weighted by molar-refractivity contribution is -0.142. The number of aliphatic hydroxyl groups is 2. The molecule has 1 aromatic carbocycles. The molecule has 0 saturated carbocycles. The Balaban J connectivity index is 1.21.